The summed E-state index contributed by atoms with van der Waals surface area (Å²) in [6.07, 6.45) is 0. The average Bonchev–Trinajstić information content (AvgIpc) is 2.38. The van der Waals surface area contributed by atoms with Crippen LogP contribution >= 0.6 is 0 Å². The van der Waals surface area contributed by atoms with Crippen molar-refractivity contribution in [3.63, 3.8) is 0 Å². The Morgan fingerprint density at radius 2 is 2.20 bits per heavy atom. The van der Waals surface area contributed by atoms with Crippen LogP contribution in [0.3, 0.4) is 0 Å². The molecule has 0 unspecified atom stereocenters. The number of benzene rings is 1. The number of ether oxygens (including phenoxy) is 1. The molecule has 0 atom stereocenters. The second-order valence-corrected chi connectivity index (χ2v) is 5.88. The van der Waals surface area contributed by atoms with E-state index in [4.69, 9.17) is 4.74 Å². The number of hydrogen-bond donors (Lipinski definition) is 1. The first-order chi connectivity index (χ1) is 9.45. The lowest BCUT2D eigenvalue weighted by Crippen LogP contribution is -2.55. The summed E-state index contributed by atoms with van der Waals surface area (Å²) >= 11 is 0. The molecular formula is C16H24N2O2. The molecule has 1 fully saturated rings. The average molecular weight is 276 g/mol. The van der Waals surface area contributed by atoms with Crippen LogP contribution in [0, 0.1) is 6.92 Å². The Kier molecular flexibility index (Phi) is 4.33. The molecule has 0 spiro atoms. The summed E-state index contributed by atoms with van der Waals surface area (Å²) in [6.45, 7) is 10.9. The minimum absolute atomic E-state index is 0.0962. The molecule has 0 saturated carbocycles. The molecule has 1 aliphatic heterocycles. The van der Waals surface area contributed by atoms with Crippen LogP contribution in [0.2, 0.25) is 0 Å². The fourth-order valence-corrected chi connectivity index (χ4v) is 2.60. The summed E-state index contributed by atoms with van der Waals surface area (Å²) < 4.78 is 5.48. The molecule has 1 N–H and O–H groups in total. The summed E-state index contributed by atoms with van der Waals surface area (Å²) in [4.78, 5) is 14.7. The predicted octanol–water partition coefficient (Wildman–Crippen LogP) is 2.68. The first kappa shape index (κ1) is 14.9. The van der Waals surface area contributed by atoms with Gasteiger partial charge in [-0.05, 0) is 51.5 Å². The Bertz CT molecular complexity index is 497. The van der Waals surface area contributed by atoms with Crippen LogP contribution in [0.5, 0.6) is 0 Å². The Morgan fingerprint density at radius 1 is 1.45 bits per heavy atom. The molecule has 20 heavy (non-hydrogen) atoms. The van der Waals surface area contributed by atoms with Crippen LogP contribution in [0.1, 0.15) is 36.7 Å². The zero-order valence-electron chi connectivity index (χ0n) is 12.8. The van der Waals surface area contributed by atoms with Crippen LogP contribution in [-0.2, 0) is 4.74 Å². The lowest BCUT2D eigenvalue weighted by molar-refractivity contribution is -0.0370. The predicted molar refractivity (Wildman–Crippen MR) is 81.3 cm³/mol. The Hall–Kier alpha value is -1.55. The van der Waals surface area contributed by atoms with E-state index in [2.05, 4.69) is 12.2 Å². The fraction of sp³-hybridized carbons (Fsp3) is 0.562. The van der Waals surface area contributed by atoms with Gasteiger partial charge >= 0.3 is 0 Å². The third-order valence-electron chi connectivity index (χ3n) is 3.73. The maximum absolute atomic E-state index is 12.8. The van der Waals surface area contributed by atoms with Crippen molar-refractivity contribution in [2.24, 2.45) is 0 Å². The van der Waals surface area contributed by atoms with Gasteiger partial charge in [-0.15, -0.1) is 0 Å². The van der Waals surface area contributed by atoms with Crippen molar-refractivity contribution in [3.05, 3.63) is 29.3 Å². The van der Waals surface area contributed by atoms with E-state index in [-0.39, 0.29) is 11.4 Å². The highest BCUT2D eigenvalue weighted by Gasteiger charge is 2.34. The van der Waals surface area contributed by atoms with Gasteiger partial charge < -0.3 is 15.0 Å². The van der Waals surface area contributed by atoms with E-state index < -0.39 is 0 Å². The summed E-state index contributed by atoms with van der Waals surface area (Å²) in [5.74, 6) is 0.0962. The second-order valence-electron chi connectivity index (χ2n) is 5.88. The number of nitrogens with zero attached hydrogens (tertiary/aromatic N) is 1. The molecule has 0 aromatic heterocycles. The maximum atomic E-state index is 12.8. The second kappa shape index (κ2) is 5.83. The largest absolute Gasteiger partial charge is 0.385 e. The number of carbonyl (C=O) groups excluding carboxylic acids is 1. The molecule has 4 heteroatoms. The summed E-state index contributed by atoms with van der Waals surface area (Å²) in [5, 5.41) is 3.27. The van der Waals surface area contributed by atoms with Gasteiger partial charge in [-0.25, -0.2) is 0 Å². The first-order valence-electron chi connectivity index (χ1n) is 7.20. The molecule has 110 valence electrons. The summed E-state index contributed by atoms with van der Waals surface area (Å²) in [6, 6.07) is 5.92. The topological polar surface area (TPSA) is 41.6 Å². The molecule has 1 amide bonds. The summed E-state index contributed by atoms with van der Waals surface area (Å²) in [7, 11) is 0. The van der Waals surface area contributed by atoms with Crippen molar-refractivity contribution in [1.29, 1.82) is 0 Å². The molecule has 1 aromatic carbocycles. The number of morpholine rings is 1. The standard InChI is InChI=1S/C16H24N2O2/c1-5-17-13-6-7-14(12(2)10-13)15(19)18-8-9-20-11-16(18,3)4/h6-7,10,17H,5,8-9,11H2,1-4H3. The van der Waals surface area contributed by atoms with Gasteiger partial charge in [0, 0.05) is 24.3 Å². The van der Waals surface area contributed by atoms with E-state index in [1.807, 2.05) is 43.9 Å². The Labute approximate surface area is 121 Å². The highest BCUT2D eigenvalue weighted by atomic mass is 16.5. The van der Waals surface area contributed by atoms with Gasteiger partial charge in [0.1, 0.15) is 0 Å². The molecule has 1 aromatic rings. The van der Waals surface area contributed by atoms with Crippen LogP contribution in [0.15, 0.2) is 18.2 Å². The highest BCUT2D eigenvalue weighted by Crippen LogP contribution is 2.24. The normalized spacial score (nSPS) is 17.9. The molecule has 0 bridgehead atoms. The van der Waals surface area contributed by atoms with Crippen molar-refractivity contribution in [1.82, 2.24) is 4.90 Å². The summed E-state index contributed by atoms with van der Waals surface area (Å²) in [5.41, 5.74) is 2.60. The number of aryl methyl sites for hydroxylation is 1. The Balaban J connectivity index is 2.24. The van der Waals surface area contributed by atoms with Crippen LogP contribution in [0.4, 0.5) is 5.69 Å². The zero-order valence-corrected chi connectivity index (χ0v) is 12.8. The van der Waals surface area contributed by atoms with Gasteiger partial charge in [0.15, 0.2) is 0 Å². The molecule has 1 heterocycles. The minimum Gasteiger partial charge on any atom is -0.385 e. The fourth-order valence-electron chi connectivity index (χ4n) is 2.60. The third kappa shape index (κ3) is 2.96. The minimum atomic E-state index is -0.248. The number of amides is 1. The number of nitrogens with one attached hydrogen (secondary N) is 1. The van der Waals surface area contributed by atoms with Gasteiger partial charge in [0.25, 0.3) is 5.91 Å². The van der Waals surface area contributed by atoms with E-state index in [1.54, 1.807) is 0 Å². The monoisotopic (exact) mass is 276 g/mol. The molecule has 1 aliphatic rings. The van der Waals surface area contributed by atoms with Gasteiger partial charge in [0.05, 0.1) is 18.8 Å². The van der Waals surface area contributed by atoms with Gasteiger partial charge in [-0.1, -0.05) is 0 Å². The van der Waals surface area contributed by atoms with Gasteiger partial charge in [-0.3, -0.25) is 4.79 Å². The van der Waals surface area contributed by atoms with E-state index in [1.165, 1.54) is 0 Å². The smallest absolute Gasteiger partial charge is 0.254 e. The lowest BCUT2D eigenvalue weighted by Gasteiger charge is -2.42. The number of carbonyl (C=O) groups is 1. The van der Waals surface area contributed by atoms with Crippen LogP contribution < -0.4 is 5.32 Å². The van der Waals surface area contributed by atoms with E-state index in [9.17, 15) is 4.79 Å². The lowest BCUT2D eigenvalue weighted by atomic mass is 9.99. The van der Waals surface area contributed by atoms with Gasteiger partial charge in [-0.2, -0.15) is 0 Å². The van der Waals surface area contributed by atoms with Crippen LogP contribution in [-0.4, -0.2) is 42.6 Å². The van der Waals surface area contributed by atoms with E-state index in [0.717, 1.165) is 23.4 Å². The number of rotatable bonds is 3. The molecule has 1 saturated heterocycles. The molecule has 4 nitrogen and oxygen atoms in total. The first-order valence-corrected chi connectivity index (χ1v) is 7.20. The van der Waals surface area contributed by atoms with Crippen LogP contribution in [0.25, 0.3) is 0 Å². The van der Waals surface area contributed by atoms with Crippen molar-refractivity contribution in [3.8, 4) is 0 Å². The van der Waals surface area contributed by atoms with E-state index in [0.29, 0.717) is 19.8 Å². The third-order valence-corrected chi connectivity index (χ3v) is 3.73. The quantitative estimate of drug-likeness (QED) is 0.923. The highest BCUT2D eigenvalue weighted by molar-refractivity contribution is 5.96. The van der Waals surface area contributed by atoms with Crippen molar-refractivity contribution in [2.45, 2.75) is 33.2 Å². The maximum Gasteiger partial charge on any atom is 0.254 e. The molecule has 0 aliphatic carbocycles. The number of anilines is 1. The Morgan fingerprint density at radius 3 is 2.80 bits per heavy atom. The molecular weight excluding hydrogens is 252 g/mol. The zero-order chi connectivity index (χ0) is 14.8. The van der Waals surface area contributed by atoms with E-state index >= 15 is 0 Å². The van der Waals surface area contributed by atoms with Crippen molar-refractivity contribution >= 4 is 11.6 Å². The number of hydrogen-bond acceptors (Lipinski definition) is 3. The SMILES string of the molecule is CCNc1ccc(C(=O)N2CCOCC2(C)C)c(C)c1. The molecule has 2 rings (SSSR count). The molecule has 0 radical (unpaired) electrons. The van der Waals surface area contributed by atoms with Crippen molar-refractivity contribution < 1.29 is 9.53 Å². The van der Waals surface area contributed by atoms with Crippen molar-refractivity contribution in [2.75, 3.05) is 31.6 Å². The van der Waals surface area contributed by atoms with Gasteiger partial charge in [0.2, 0.25) is 0 Å².